The molecule has 167 valence electrons. The topological polar surface area (TPSA) is 48.5 Å². The second-order valence-corrected chi connectivity index (χ2v) is 7.38. The summed E-state index contributed by atoms with van der Waals surface area (Å²) >= 11 is 0. The smallest absolute Gasteiger partial charge is 1.00 e. The first-order valence-electron chi connectivity index (χ1n) is 9.35. The van der Waals surface area contributed by atoms with Gasteiger partial charge < -0.3 is 46.4 Å². The first kappa shape index (κ1) is 28.0. The predicted molar refractivity (Wildman–Crippen MR) is 113 cm³/mol. The van der Waals surface area contributed by atoms with Crippen LogP contribution in [0.5, 0.6) is 0 Å². The minimum absolute atomic E-state index is 0. The van der Waals surface area contributed by atoms with Crippen molar-refractivity contribution in [1.29, 1.82) is 0 Å². The van der Waals surface area contributed by atoms with Crippen LogP contribution in [0.1, 0.15) is 11.1 Å². The van der Waals surface area contributed by atoms with Crippen LogP contribution in [0, 0.1) is 13.8 Å². The van der Waals surface area contributed by atoms with E-state index >= 15 is 0 Å². The summed E-state index contributed by atoms with van der Waals surface area (Å²) < 4.78 is 4.19. The number of fused-ring (bicyclic) bond motifs is 2. The molecular formula is C23H21Cl3FeN5. The van der Waals surface area contributed by atoms with Crippen LogP contribution in [0.25, 0.3) is 45.1 Å². The summed E-state index contributed by atoms with van der Waals surface area (Å²) in [5.74, 6) is 1.72. The molecule has 1 radical (unpaired) electrons. The first-order valence-corrected chi connectivity index (χ1v) is 9.35. The summed E-state index contributed by atoms with van der Waals surface area (Å²) in [4.78, 5) is 14.6. The number of hydrogen-bond donors (Lipinski definition) is 0. The van der Waals surface area contributed by atoms with Gasteiger partial charge in [0.2, 0.25) is 0 Å². The van der Waals surface area contributed by atoms with E-state index in [1.165, 1.54) is 11.1 Å². The molecule has 0 fully saturated rings. The second kappa shape index (κ2) is 10.7. The third-order valence-corrected chi connectivity index (χ3v) is 5.28. The molecule has 0 aliphatic heterocycles. The number of aromatic nitrogens is 5. The molecule has 3 heterocycles. The normalized spacial score (nSPS) is 10.1. The van der Waals surface area contributed by atoms with E-state index in [1.807, 2.05) is 32.3 Å². The van der Waals surface area contributed by atoms with E-state index in [2.05, 4.69) is 59.4 Å². The third kappa shape index (κ3) is 4.66. The van der Waals surface area contributed by atoms with Crippen molar-refractivity contribution < 1.29 is 54.3 Å². The Morgan fingerprint density at radius 3 is 1.41 bits per heavy atom. The molecule has 0 spiro atoms. The van der Waals surface area contributed by atoms with Crippen LogP contribution in [-0.2, 0) is 31.2 Å². The molecule has 0 bridgehead atoms. The van der Waals surface area contributed by atoms with Crippen molar-refractivity contribution in [3.63, 3.8) is 0 Å². The zero-order valence-corrected chi connectivity index (χ0v) is 21.3. The van der Waals surface area contributed by atoms with Crippen LogP contribution in [0.2, 0.25) is 0 Å². The summed E-state index contributed by atoms with van der Waals surface area (Å²) in [6, 6.07) is 18.7. The Bertz CT molecular complexity index is 1280. The summed E-state index contributed by atoms with van der Waals surface area (Å²) in [7, 11) is 4.07. The Labute approximate surface area is 216 Å². The molecule has 0 atom stereocenters. The fourth-order valence-corrected chi connectivity index (χ4v) is 3.76. The van der Waals surface area contributed by atoms with Crippen LogP contribution >= 0.6 is 0 Å². The Balaban J connectivity index is 0.00000128. The molecule has 9 heteroatoms. The van der Waals surface area contributed by atoms with Crippen molar-refractivity contribution in [3.8, 4) is 23.0 Å². The molecule has 0 N–H and O–H groups in total. The first-order chi connectivity index (χ1) is 13.5. The summed E-state index contributed by atoms with van der Waals surface area (Å²) in [6.07, 6.45) is 0. The molecule has 2 aromatic carbocycles. The number of hydrogen-bond acceptors (Lipinski definition) is 3. The molecule has 5 aromatic rings. The van der Waals surface area contributed by atoms with Crippen molar-refractivity contribution in [2.75, 3.05) is 0 Å². The van der Waals surface area contributed by atoms with E-state index < -0.39 is 0 Å². The van der Waals surface area contributed by atoms with Gasteiger partial charge in [0.1, 0.15) is 11.4 Å². The van der Waals surface area contributed by atoms with E-state index in [0.29, 0.717) is 0 Å². The fourth-order valence-electron chi connectivity index (χ4n) is 3.76. The van der Waals surface area contributed by atoms with Gasteiger partial charge in [-0.1, -0.05) is 18.2 Å². The average molecular weight is 530 g/mol. The van der Waals surface area contributed by atoms with Gasteiger partial charge in [-0.2, -0.15) is 0 Å². The minimum Gasteiger partial charge on any atom is -1.00 e. The molecular weight excluding hydrogens is 508 g/mol. The van der Waals surface area contributed by atoms with Crippen LogP contribution < -0.4 is 37.2 Å². The zero-order chi connectivity index (χ0) is 19.4. The van der Waals surface area contributed by atoms with Gasteiger partial charge in [-0.05, 0) is 61.4 Å². The second-order valence-electron chi connectivity index (χ2n) is 7.38. The van der Waals surface area contributed by atoms with Gasteiger partial charge in [-0.15, -0.1) is 0 Å². The number of benzene rings is 2. The van der Waals surface area contributed by atoms with Crippen LogP contribution in [0.15, 0.2) is 54.6 Å². The number of pyridine rings is 1. The number of imidazole rings is 2. The quantitative estimate of drug-likeness (QED) is 0.218. The van der Waals surface area contributed by atoms with E-state index in [0.717, 1.165) is 45.1 Å². The van der Waals surface area contributed by atoms with Gasteiger partial charge in [-0.25, -0.2) is 15.0 Å². The Morgan fingerprint density at radius 2 is 1.00 bits per heavy atom. The van der Waals surface area contributed by atoms with Crippen molar-refractivity contribution in [1.82, 2.24) is 24.1 Å². The molecule has 0 aliphatic rings. The number of rotatable bonds is 2. The van der Waals surface area contributed by atoms with E-state index in [9.17, 15) is 0 Å². The summed E-state index contributed by atoms with van der Waals surface area (Å²) in [6.45, 7) is 4.17. The Kier molecular flexibility index (Phi) is 9.34. The van der Waals surface area contributed by atoms with Crippen LogP contribution in [-0.4, -0.2) is 24.1 Å². The molecule has 32 heavy (non-hydrogen) atoms. The number of nitrogens with zero attached hydrogens (tertiary/aromatic N) is 5. The maximum absolute atomic E-state index is 4.90. The molecule has 0 saturated heterocycles. The van der Waals surface area contributed by atoms with Crippen molar-refractivity contribution in [2.45, 2.75) is 13.8 Å². The largest absolute Gasteiger partial charge is 3.00 e. The Hall–Kier alpha value is -2.08. The number of aryl methyl sites for hydroxylation is 4. The average Bonchev–Trinajstić information content (AvgIpc) is 3.18. The standard InChI is InChI=1S/C23H21N5.3ClH.Fe/c1-14-8-10-20-18(12-14)25-22(27(20)3)16-6-5-7-17(24-16)23-26-19-13-15(2)9-11-21(19)28(23)4;;;;/h5-13H,1-4H3;3*1H;/q;;;;+3/p-3. The van der Waals surface area contributed by atoms with E-state index in [4.69, 9.17) is 15.0 Å². The minimum atomic E-state index is 0. The Morgan fingerprint density at radius 1 is 0.594 bits per heavy atom. The molecule has 0 unspecified atom stereocenters. The van der Waals surface area contributed by atoms with Gasteiger partial charge in [0.25, 0.3) is 0 Å². The van der Waals surface area contributed by atoms with Gasteiger partial charge in [-0.3, -0.25) is 0 Å². The predicted octanol–water partition coefficient (Wildman–Crippen LogP) is -4.18. The molecule has 0 saturated carbocycles. The molecule has 5 rings (SSSR count). The van der Waals surface area contributed by atoms with Gasteiger partial charge in [0.15, 0.2) is 11.6 Å². The maximum atomic E-state index is 4.90. The monoisotopic (exact) mass is 528 g/mol. The molecule has 0 aliphatic carbocycles. The summed E-state index contributed by atoms with van der Waals surface area (Å²) in [5.41, 5.74) is 8.28. The maximum Gasteiger partial charge on any atom is 3.00 e. The molecule has 3 aromatic heterocycles. The van der Waals surface area contributed by atoms with E-state index in [-0.39, 0.29) is 54.3 Å². The SMILES string of the molecule is Cc1ccc2c(c1)nc(-c1cccc(-c3nc4cc(C)ccc4n3C)n1)n2C.[Cl-].[Cl-].[Cl-].[Fe+3]. The van der Waals surface area contributed by atoms with Gasteiger partial charge in [0, 0.05) is 14.1 Å². The van der Waals surface area contributed by atoms with Crippen molar-refractivity contribution in [3.05, 3.63) is 65.7 Å². The van der Waals surface area contributed by atoms with Crippen LogP contribution in [0.4, 0.5) is 0 Å². The van der Waals surface area contributed by atoms with Crippen LogP contribution in [0.3, 0.4) is 0 Å². The third-order valence-electron chi connectivity index (χ3n) is 5.28. The fraction of sp³-hybridized carbons (Fsp3) is 0.174. The zero-order valence-electron chi connectivity index (χ0n) is 17.9. The molecule has 5 nitrogen and oxygen atoms in total. The van der Waals surface area contributed by atoms with E-state index in [1.54, 1.807) is 0 Å². The van der Waals surface area contributed by atoms with Gasteiger partial charge >= 0.3 is 17.1 Å². The van der Waals surface area contributed by atoms with Gasteiger partial charge in [0.05, 0.1) is 22.1 Å². The molecule has 0 amide bonds. The number of halogens is 3. The van der Waals surface area contributed by atoms with Crippen molar-refractivity contribution >= 4 is 22.1 Å². The van der Waals surface area contributed by atoms with Crippen molar-refractivity contribution in [2.24, 2.45) is 14.1 Å². The summed E-state index contributed by atoms with van der Waals surface area (Å²) in [5, 5.41) is 0.